The van der Waals surface area contributed by atoms with Crippen molar-refractivity contribution in [3.05, 3.63) is 34.2 Å². The molecule has 1 aromatic heterocycles. The van der Waals surface area contributed by atoms with Crippen LogP contribution in [0.1, 0.15) is 5.69 Å². The zero-order valence-electron chi connectivity index (χ0n) is 9.74. The maximum atomic E-state index is 13.2. The predicted octanol–water partition coefficient (Wildman–Crippen LogP) is 2.00. The number of aryl methyl sites for hydroxylation is 1. The number of nitrogens with one attached hydrogen (secondary N) is 2. The highest BCUT2D eigenvalue weighted by molar-refractivity contribution is 9.10. The molecule has 4 N–H and O–H groups in total. The first-order chi connectivity index (χ1) is 8.79. The third-order valence-electron chi connectivity index (χ3n) is 2.29. The lowest BCUT2D eigenvalue weighted by Crippen LogP contribution is -2.15. The Kier molecular flexibility index (Phi) is 3.50. The fourth-order valence-corrected chi connectivity index (χ4v) is 3.07. The zero-order chi connectivity index (χ0) is 14.2. The normalized spacial score (nSPS) is 11.5. The lowest BCUT2D eigenvalue weighted by molar-refractivity contribution is 0.599. The van der Waals surface area contributed by atoms with E-state index in [1.807, 2.05) is 0 Å². The van der Waals surface area contributed by atoms with Gasteiger partial charge in [0.1, 0.15) is 10.7 Å². The van der Waals surface area contributed by atoms with Crippen molar-refractivity contribution < 1.29 is 12.8 Å². The third kappa shape index (κ3) is 2.87. The van der Waals surface area contributed by atoms with E-state index < -0.39 is 15.8 Å². The number of hydrogen-bond acceptors (Lipinski definition) is 4. The molecule has 1 heterocycles. The molecular formula is C10H10BrFN4O2S. The molecule has 1 aromatic carbocycles. The SMILES string of the molecule is Cc1cc(NS(=O)(=O)c2cc(Br)c(F)cc2N)n[nH]1. The van der Waals surface area contributed by atoms with Crippen LogP contribution in [0.25, 0.3) is 0 Å². The number of aromatic amines is 1. The predicted molar refractivity (Wildman–Crippen MR) is 72.6 cm³/mol. The maximum absolute atomic E-state index is 13.2. The van der Waals surface area contributed by atoms with Gasteiger partial charge in [0, 0.05) is 11.8 Å². The number of anilines is 2. The molecule has 0 saturated carbocycles. The van der Waals surface area contributed by atoms with E-state index in [-0.39, 0.29) is 20.9 Å². The second-order valence-electron chi connectivity index (χ2n) is 3.85. The minimum Gasteiger partial charge on any atom is -0.398 e. The van der Waals surface area contributed by atoms with E-state index in [1.54, 1.807) is 6.92 Å². The first kappa shape index (κ1) is 13.8. The summed E-state index contributed by atoms with van der Waals surface area (Å²) < 4.78 is 39.7. The molecule has 0 bridgehead atoms. The zero-order valence-corrected chi connectivity index (χ0v) is 12.1. The molecule has 0 aliphatic heterocycles. The smallest absolute Gasteiger partial charge is 0.265 e. The van der Waals surface area contributed by atoms with E-state index in [2.05, 4.69) is 30.8 Å². The van der Waals surface area contributed by atoms with E-state index >= 15 is 0 Å². The highest BCUT2D eigenvalue weighted by atomic mass is 79.9. The van der Waals surface area contributed by atoms with Crippen LogP contribution >= 0.6 is 15.9 Å². The fourth-order valence-electron chi connectivity index (χ4n) is 1.44. The van der Waals surface area contributed by atoms with Crippen LogP contribution in [0.5, 0.6) is 0 Å². The fraction of sp³-hybridized carbons (Fsp3) is 0.100. The molecule has 0 spiro atoms. The molecule has 2 aromatic rings. The average molecular weight is 349 g/mol. The van der Waals surface area contributed by atoms with Gasteiger partial charge in [0.2, 0.25) is 0 Å². The van der Waals surface area contributed by atoms with Crippen LogP contribution in [0.3, 0.4) is 0 Å². The van der Waals surface area contributed by atoms with E-state index in [0.717, 1.165) is 12.1 Å². The summed E-state index contributed by atoms with van der Waals surface area (Å²) in [6, 6.07) is 3.56. The molecule has 19 heavy (non-hydrogen) atoms. The van der Waals surface area contributed by atoms with Crippen LogP contribution in [0.4, 0.5) is 15.9 Å². The first-order valence-electron chi connectivity index (χ1n) is 5.09. The number of halogens is 2. The van der Waals surface area contributed by atoms with Gasteiger partial charge in [-0.25, -0.2) is 12.8 Å². The van der Waals surface area contributed by atoms with Gasteiger partial charge in [-0.15, -0.1) is 0 Å². The van der Waals surface area contributed by atoms with Gasteiger partial charge in [-0.2, -0.15) is 5.10 Å². The molecular weight excluding hydrogens is 339 g/mol. The summed E-state index contributed by atoms with van der Waals surface area (Å²) in [4.78, 5) is -0.221. The summed E-state index contributed by atoms with van der Waals surface area (Å²) in [6.07, 6.45) is 0. The Labute approximate surface area is 117 Å². The lowest BCUT2D eigenvalue weighted by Gasteiger charge is -2.09. The van der Waals surface area contributed by atoms with Crippen molar-refractivity contribution in [2.24, 2.45) is 0 Å². The molecule has 0 amide bonds. The van der Waals surface area contributed by atoms with E-state index in [1.165, 1.54) is 6.07 Å². The Balaban J connectivity index is 2.42. The van der Waals surface area contributed by atoms with Crippen molar-refractivity contribution in [1.82, 2.24) is 10.2 Å². The monoisotopic (exact) mass is 348 g/mol. The number of nitrogens with zero attached hydrogens (tertiary/aromatic N) is 1. The molecule has 0 aliphatic carbocycles. The first-order valence-corrected chi connectivity index (χ1v) is 7.36. The van der Waals surface area contributed by atoms with Gasteiger partial charge in [-0.05, 0) is 35.0 Å². The largest absolute Gasteiger partial charge is 0.398 e. The highest BCUT2D eigenvalue weighted by Gasteiger charge is 2.20. The van der Waals surface area contributed by atoms with Gasteiger partial charge in [-0.1, -0.05) is 0 Å². The third-order valence-corrected chi connectivity index (χ3v) is 4.31. The number of nitrogen functional groups attached to an aromatic ring is 1. The number of aromatic nitrogens is 2. The quantitative estimate of drug-likeness (QED) is 0.738. The van der Waals surface area contributed by atoms with Crippen LogP contribution < -0.4 is 10.5 Å². The lowest BCUT2D eigenvalue weighted by atomic mass is 10.3. The van der Waals surface area contributed by atoms with Gasteiger partial charge < -0.3 is 5.73 Å². The van der Waals surface area contributed by atoms with E-state index in [0.29, 0.717) is 5.69 Å². The van der Waals surface area contributed by atoms with E-state index in [4.69, 9.17) is 5.73 Å². The molecule has 0 radical (unpaired) electrons. The van der Waals surface area contributed by atoms with E-state index in [9.17, 15) is 12.8 Å². The van der Waals surface area contributed by atoms with Crippen molar-refractivity contribution in [2.75, 3.05) is 10.5 Å². The Bertz CT molecular complexity index is 729. The van der Waals surface area contributed by atoms with Crippen molar-refractivity contribution in [1.29, 1.82) is 0 Å². The number of benzene rings is 1. The topological polar surface area (TPSA) is 101 Å². The summed E-state index contributed by atoms with van der Waals surface area (Å²) in [5, 5.41) is 6.35. The van der Waals surface area contributed by atoms with Crippen molar-refractivity contribution in [2.45, 2.75) is 11.8 Å². The Morgan fingerprint density at radius 3 is 2.68 bits per heavy atom. The second kappa shape index (κ2) is 4.82. The van der Waals surface area contributed by atoms with Crippen LogP contribution in [-0.2, 0) is 10.0 Å². The molecule has 102 valence electrons. The highest BCUT2D eigenvalue weighted by Crippen LogP contribution is 2.27. The maximum Gasteiger partial charge on any atom is 0.265 e. The Hall–Kier alpha value is -1.61. The minimum atomic E-state index is -3.92. The molecule has 0 atom stereocenters. The molecule has 0 saturated heterocycles. The van der Waals surface area contributed by atoms with Crippen LogP contribution in [0.2, 0.25) is 0 Å². The van der Waals surface area contributed by atoms with Gasteiger partial charge in [-0.3, -0.25) is 9.82 Å². The molecule has 2 rings (SSSR count). The molecule has 0 aliphatic rings. The number of sulfonamides is 1. The standard InChI is InChI=1S/C10H10BrFN4O2S/c1-5-2-10(15-14-5)16-19(17,18)9-3-6(11)7(12)4-8(9)13/h2-4H,13H2,1H3,(H2,14,15,16). The summed E-state index contributed by atoms with van der Waals surface area (Å²) in [5.74, 6) is -0.496. The summed E-state index contributed by atoms with van der Waals surface area (Å²) >= 11 is 2.92. The minimum absolute atomic E-state index is 0.0142. The Morgan fingerprint density at radius 2 is 2.11 bits per heavy atom. The van der Waals surface area contributed by atoms with Gasteiger partial charge >= 0.3 is 0 Å². The molecule has 0 fully saturated rings. The molecule has 6 nitrogen and oxygen atoms in total. The number of nitrogens with two attached hydrogens (primary N) is 1. The van der Waals surface area contributed by atoms with Gasteiger partial charge in [0.25, 0.3) is 10.0 Å². The second-order valence-corrected chi connectivity index (χ2v) is 6.35. The number of H-pyrrole nitrogens is 1. The summed E-state index contributed by atoms with van der Waals surface area (Å²) in [7, 11) is -3.92. The van der Waals surface area contributed by atoms with Crippen LogP contribution in [0.15, 0.2) is 27.6 Å². The number of hydrogen-bond donors (Lipinski definition) is 3. The van der Waals surface area contributed by atoms with Gasteiger partial charge in [0.05, 0.1) is 10.2 Å². The average Bonchev–Trinajstić information content (AvgIpc) is 2.68. The summed E-state index contributed by atoms with van der Waals surface area (Å²) in [6.45, 7) is 1.73. The van der Waals surface area contributed by atoms with Crippen molar-refractivity contribution in [3.63, 3.8) is 0 Å². The van der Waals surface area contributed by atoms with Gasteiger partial charge in [0.15, 0.2) is 5.82 Å². The van der Waals surface area contributed by atoms with Crippen LogP contribution in [0, 0.1) is 12.7 Å². The van der Waals surface area contributed by atoms with Crippen molar-refractivity contribution in [3.8, 4) is 0 Å². The molecule has 0 unspecified atom stereocenters. The molecule has 9 heteroatoms. The van der Waals surface area contributed by atoms with Crippen LogP contribution in [-0.4, -0.2) is 18.6 Å². The van der Waals surface area contributed by atoms with Crippen molar-refractivity contribution >= 4 is 37.5 Å². The Morgan fingerprint density at radius 1 is 1.42 bits per heavy atom. The number of rotatable bonds is 3. The summed E-state index contributed by atoms with van der Waals surface area (Å²) in [5.41, 5.74) is 6.05.